The minimum Gasteiger partial charge on any atom is -0.384 e. The normalized spacial score (nSPS) is 28.2. The maximum atomic E-state index is 12.0. The van der Waals surface area contributed by atoms with E-state index in [9.17, 15) is 4.79 Å². The molecule has 0 spiro atoms. The van der Waals surface area contributed by atoms with Gasteiger partial charge in [-0.3, -0.25) is 4.79 Å². The molecule has 1 aliphatic heterocycles. The first kappa shape index (κ1) is 12.5. The summed E-state index contributed by atoms with van der Waals surface area (Å²) in [6, 6.07) is 8.54. The van der Waals surface area contributed by atoms with Gasteiger partial charge in [0.2, 0.25) is 5.91 Å². The third kappa shape index (κ3) is 2.59. The third-order valence-electron chi connectivity index (χ3n) is 4.16. The summed E-state index contributed by atoms with van der Waals surface area (Å²) in [6.45, 7) is 0.859. The summed E-state index contributed by atoms with van der Waals surface area (Å²) in [4.78, 5) is 12.0. The van der Waals surface area contributed by atoms with Gasteiger partial charge in [0.15, 0.2) is 0 Å². The van der Waals surface area contributed by atoms with Crippen LogP contribution in [-0.2, 0) is 9.53 Å². The quantitative estimate of drug-likeness (QED) is 0.869. The number of anilines is 1. The summed E-state index contributed by atoms with van der Waals surface area (Å²) in [5, 5.41) is 6.44. The highest BCUT2D eigenvalue weighted by molar-refractivity contribution is 5.78. The predicted molar refractivity (Wildman–Crippen MR) is 74.3 cm³/mol. The Bertz CT molecular complexity index is 469. The fraction of sp³-hybridized carbons (Fsp3) is 0.533. The number of ether oxygens (including phenoxy) is 1. The van der Waals surface area contributed by atoms with Gasteiger partial charge in [0.05, 0.1) is 6.10 Å². The molecule has 1 saturated carbocycles. The van der Waals surface area contributed by atoms with Crippen LogP contribution in [0.15, 0.2) is 24.3 Å². The minimum absolute atomic E-state index is 0.156. The van der Waals surface area contributed by atoms with Crippen molar-refractivity contribution in [2.75, 3.05) is 19.0 Å². The van der Waals surface area contributed by atoms with E-state index in [4.69, 9.17) is 4.74 Å². The average Bonchev–Trinajstić information content (AvgIpc) is 2.77. The maximum Gasteiger partial charge on any atom is 0.220 e. The van der Waals surface area contributed by atoms with Crippen LogP contribution in [0.1, 0.15) is 30.7 Å². The fourth-order valence-electron chi connectivity index (χ4n) is 2.93. The Balaban J connectivity index is 1.51. The number of rotatable bonds is 4. The standard InChI is InChI=1S/C15H20N2O2/c1-19-12-7-11(8-12)17-15(18)6-10-9-16-14-5-3-2-4-13(10)14/h2-5,10-12,16H,6-9H2,1H3,(H,17,18). The van der Waals surface area contributed by atoms with E-state index in [0.717, 1.165) is 19.4 Å². The SMILES string of the molecule is COC1CC(NC(=O)CC2CNc3ccccc32)C1. The number of para-hydroxylation sites is 1. The van der Waals surface area contributed by atoms with E-state index < -0.39 is 0 Å². The summed E-state index contributed by atoms with van der Waals surface area (Å²) < 4.78 is 5.22. The summed E-state index contributed by atoms with van der Waals surface area (Å²) in [7, 11) is 1.73. The summed E-state index contributed by atoms with van der Waals surface area (Å²) in [6.07, 6.45) is 2.79. The van der Waals surface area contributed by atoms with Gasteiger partial charge < -0.3 is 15.4 Å². The number of carbonyl (C=O) groups is 1. The van der Waals surface area contributed by atoms with E-state index >= 15 is 0 Å². The van der Waals surface area contributed by atoms with E-state index in [-0.39, 0.29) is 5.91 Å². The van der Waals surface area contributed by atoms with Crippen LogP contribution in [0.25, 0.3) is 0 Å². The molecule has 4 nitrogen and oxygen atoms in total. The van der Waals surface area contributed by atoms with Crippen LogP contribution in [0.3, 0.4) is 0 Å². The molecular formula is C15H20N2O2. The lowest BCUT2D eigenvalue weighted by Gasteiger charge is -2.34. The molecule has 1 fully saturated rings. The van der Waals surface area contributed by atoms with Crippen LogP contribution in [0.4, 0.5) is 5.69 Å². The largest absolute Gasteiger partial charge is 0.384 e. The highest BCUT2D eigenvalue weighted by atomic mass is 16.5. The molecule has 0 bridgehead atoms. The van der Waals surface area contributed by atoms with Crippen LogP contribution >= 0.6 is 0 Å². The van der Waals surface area contributed by atoms with Crippen LogP contribution in [0.5, 0.6) is 0 Å². The molecule has 4 heteroatoms. The lowest BCUT2D eigenvalue weighted by molar-refractivity contribution is -0.123. The highest BCUT2D eigenvalue weighted by Crippen LogP contribution is 2.33. The third-order valence-corrected chi connectivity index (χ3v) is 4.16. The fourth-order valence-corrected chi connectivity index (χ4v) is 2.93. The Morgan fingerprint density at radius 3 is 3.00 bits per heavy atom. The van der Waals surface area contributed by atoms with Crippen LogP contribution in [0.2, 0.25) is 0 Å². The lowest BCUT2D eigenvalue weighted by atomic mass is 9.88. The lowest BCUT2D eigenvalue weighted by Crippen LogP contribution is -2.47. The van der Waals surface area contributed by atoms with Crippen molar-refractivity contribution in [3.05, 3.63) is 29.8 Å². The number of carbonyl (C=O) groups excluding carboxylic acids is 1. The molecule has 1 heterocycles. The number of amides is 1. The smallest absolute Gasteiger partial charge is 0.220 e. The van der Waals surface area contributed by atoms with Gasteiger partial charge in [-0.2, -0.15) is 0 Å². The monoisotopic (exact) mass is 260 g/mol. The van der Waals surface area contributed by atoms with Crippen LogP contribution in [-0.4, -0.2) is 31.7 Å². The summed E-state index contributed by atoms with van der Waals surface area (Å²) in [5.41, 5.74) is 2.43. The molecule has 1 atom stereocenters. The molecule has 2 aliphatic rings. The molecule has 0 saturated heterocycles. The molecule has 1 aliphatic carbocycles. The van der Waals surface area contributed by atoms with Gasteiger partial charge in [-0.15, -0.1) is 0 Å². The van der Waals surface area contributed by atoms with Crippen LogP contribution in [0, 0.1) is 0 Å². The number of hydrogen-bond acceptors (Lipinski definition) is 3. The van der Waals surface area contributed by atoms with Crippen molar-refractivity contribution in [1.29, 1.82) is 0 Å². The van der Waals surface area contributed by atoms with Crippen molar-refractivity contribution in [2.45, 2.75) is 37.3 Å². The Labute approximate surface area is 113 Å². The van der Waals surface area contributed by atoms with Crippen molar-refractivity contribution in [2.24, 2.45) is 0 Å². The van der Waals surface area contributed by atoms with Crippen molar-refractivity contribution in [3.63, 3.8) is 0 Å². The molecule has 3 rings (SSSR count). The average molecular weight is 260 g/mol. The van der Waals surface area contributed by atoms with E-state index in [0.29, 0.717) is 24.5 Å². The molecular weight excluding hydrogens is 240 g/mol. The second kappa shape index (κ2) is 5.21. The Morgan fingerprint density at radius 2 is 2.21 bits per heavy atom. The molecule has 1 unspecified atom stereocenters. The van der Waals surface area contributed by atoms with Gasteiger partial charge in [-0.25, -0.2) is 0 Å². The van der Waals surface area contributed by atoms with Gasteiger partial charge in [0.1, 0.15) is 0 Å². The molecule has 1 aromatic rings. The number of fused-ring (bicyclic) bond motifs is 1. The van der Waals surface area contributed by atoms with Gasteiger partial charge in [-0.1, -0.05) is 18.2 Å². The zero-order chi connectivity index (χ0) is 13.2. The first-order valence-corrected chi connectivity index (χ1v) is 6.91. The van der Waals surface area contributed by atoms with Crippen molar-refractivity contribution < 1.29 is 9.53 Å². The number of hydrogen-bond donors (Lipinski definition) is 2. The summed E-state index contributed by atoms with van der Waals surface area (Å²) in [5.74, 6) is 0.456. The van der Waals surface area contributed by atoms with Crippen molar-refractivity contribution in [3.8, 4) is 0 Å². The van der Waals surface area contributed by atoms with E-state index in [1.807, 2.05) is 12.1 Å². The van der Waals surface area contributed by atoms with E-state index in [1.54, 1.807) is 7.11 Å². The van der Waals surface area contributed by atoms with Crippen LogP contribution < -0.4 is 10.6 Å². The Morgan fingerprint density at radius 1 is 1.42 bits per heavy atom. The Hall–Kier alpha value is -1.55. The topological polar surface area (TPSA) is 50.4 Å². The van der Waals surface area contributed by atoms with Gasteiger partial charge in [0, 0.05) is 37.7 Å². The highest BCUT2D eigenvalue weighted by Gasteiger charge is 2.31. The molecule has 1 amide bonds. The molecule has 0 aromatic heterocycles. The minimum atomic E-state index is 0.156. The predicted octanol–water partition coefficient (Wildman–Crippen LogP) is 1.88. The number of methoxy groups -OCH3 is 1. The van der Waals surface area contributed by atoms with Gasteiger partial charge >= 0.3 is 0 Å². The van der Waals surface area contributed by atoms with Gasteiger partial charge in [0.25, 0.3) is 0 Å². The molecule has 1 aromatic carbocycles. The maximum absolute atomic E-state index is 12.0. The molecule has 102 valence electrons. The first-order chi connectivity index (χ1) is 9.26. The zero-order valence-corrected chi connectivity index (χ0v) is 11.2. The van der Waals surface area contributed by atoms with E-state index in [1.165, 1.54) is 11.3 Å². The van der Waals surface area contributed by atoms with Crippen molar-refractivity contribution >= 4 is 11.6 Å². The van der Waals surface area contributed by atoms with Crippen molar-refractivity contribution in [1.82, 2.24) is 5.32 Å². The number of benzene rings is 1. The Kier molecular flexibility index (Phi) is 3.42. The second-order valence-corrected chi connectivity index (χ2v) is 5.46. The number of nitrogens with one attached hydrogen (secondary N) is 2. The van der Waals surface area contributed by atoms with E-state index in [2.05, 4.69) is 22.8 Å². The molecule has 19 heavy (non-hydrogen) atoms. The summed E-state index contributed by atoms with van der Waals surface area (Å²) >= 11 is 0. The first-order valence-electron chi connectivity index (χ1n) is 6.91. The molecule has 2 N–H and O–H groups in total. The van der Waals surface area contributed by atoms with Gasteiger partial charge in [-0.05, 0) is 24.5 Å². The molecule has 0 radical (unpaired) electrons. The zero-order valence-electron chi connectivity index (χ0n) is 11.2. The second-order valence-electron chi connectivity index (χ2n) is 5.46.